The highest BCUT2D eigenvalue weighted by Crippen LogP contribution is 2.51. The molecule has 0 saturated heterocycles. The van der Waals surface area contributed by atoms with E-state index in [0.717, 1.165) is 0 Å². The molecule has 0 aliphatic carbocycles. The molecule has 2 aliphatic heterocycles. The van der Waals surface area contributed by atoms with Crippen molar-refractivity contribution in [2.45, 2.75) is 19.3 Å². The van der Waals surface area contributed by atoms with Crippen LogP contribution < -0.4 is 33.2 Å². The number of para-hydroxylation sites is 1. The Bertz CT molecular complexity index is 1540. The second-order valence-electron chi connectivity index (χ2n) is 8.96. The second-order valence-corrected chi connectivity index (χ2v) is 8.96. The Morgan fingerprint density at radius 2 is 1.57 bits per heavy atom. The number of fused-ring (bicyclic) bond motifs is 3. The van der Waals surface area contributed by atoms with Gasteiger partial charge in [-0.3, -0.25) is 14.4 Å². The summed E-state index contributed by atoms with van der Waals surface area (Å²) < 4.78 is 38.8. The fourth-order valence-corrected chi connectivity index (χ4v) is 4.90. The Kier molecular flexibility index (Phi) is 7.08. The molecule has 0 fully saturated rings. The molecule has 0 spiro atoms. The van der Waals surface area contributed by atoms with E-state index in [2.05, 4.69) is 0 Å². The van der Waals surface area contributed by atoms with E-state index in [1.54, 1.807) is 48.5 Å². The monoisotopic (exact) mass is 546 g/mol. The number of ketones is 1. The third-order valence-corrected chi connectivity index (χ3v) is 6.63. The maximum Gasteiger partial charge on any atom is 0.312 e. The van der Waals surface area contributed by atoms with Crippen LogP contribution in [0, 0.1) is 0 Å². The van der Waals surface area contributed by atoms with Crippen molar-refractivity contribution in [1.82, 2.24) is 0 Å². The van der Waals surface area contributed by atoms with Gasteiger partial charge in [0.05, 0.1) is 40.4 Å². The lowest BCUT2D eigenvalue weighted by Crippen LogP contribution is -2.21. The lowest BCUT2D eigenvalue weighted by Gasteiger charge is -2.27. The first-order valence-corrected chi connectivity index (χ1v) is 12.3. The zero-order valence-corrected chi connectivity index (χ0v) is 22.5. The molecule has 2 aliphatic rings. The van der Waals surface area contributed by atoms with Crippen LogP contribution in [0.2, 0.25) is 0 Å². The summed E-state index contributed by atoms with van der Waals surface area (Å²) in [4.78, 5) is 37.7. The summed E-state index contributed by atoms with van der Waals surface area (Å²) in [5.41, 5.74) is 2.05. The first-order valence-electron chi connectivity index (χ1n) is 12.3. The molecule has 0 saturated carbocycles. The van der Waals surface area contributed by atoms with E-state index in [-0.39, 0.29) is 46.7 Å². The maximum atomic E-state index is 13.4. The van der Waals surface area contributed by atoms with Crippen LogP contribution in [0.25, 0.3) is 6.08 Å². The number of esters is 2. The molecule has 10 nitrogen and oxygen atoms in total. The number of rotatable bonds is 7. The summed E-state index contributed by atoms with van der Waals surface area (Å²) in [5, 5.41) is 0. The van der Waals surface area contributed by atoms with Crippen LogP contribution in [0.1, 0.15) is 46.3 Å². The fourth-order valence-electron chi connectivity index (χ4n) is 4.90. The number of benzene rings is 3. The lowest BCUT2D eigenvalue weighted by molar-refractivity contribution is -0.135. The van der Waals surface area contributed by atoms with Crippen molar-refractivity contribution in [1.29, 1.82) is 0 Å². The van der Waals surface area contributed by atoms with E-state index in [9.17, 15) is 14.4 Å². The van der Waals surface area contributed by atoms with Gasteiger partial charge in [-0.25, -0.2) is 0 Å². The van der Waals surface area contributed by atoms with E-state index >= 15 is 0 Å². The van der Waals surface area contributed by atoms with Gasteiger partial charge in [0.15, 0.2) is 28.8 Å². The molecule has 3 aromatic rings. The molecule has 0 radical (unpaired) electrons. The van der Waals surface area contributed by atoms with E-state index in [4.69, 9.17) is 33.2 Å². The maximum absolute atomic E-state index is 13.4. The molecular formula is C30H26O10. The summed E-state index contributed by atoms with van der Waals surface area (Å²) in [5.74, 6) is 0.250. The molecule has 10 heteroatoms. The van der Waals surface area contributed by atoms with E-state index < -0.39 is 17.9 Å². The number of methoxy groups -OCH3 is 4. The highest BCUT2D eigenvalue weighted by Gasteiger charge is 2.39. The molecule has 40 heavy (non-hydrogen) atoms. The van der Waals surface area contributed by atoms with Crippen LogP contribution in [0.15, 0.2) is 48.2 Å². The van der Waals surface area contributed by atoms with Gasteiger partial charge in [-0.05, 0) is 42.0 Å². The Balaban J connectivity index is 1.63. The smallest absolute Gasteiger partial charge is 0.312 e. The first kappa shape index (κ1) is 26.6. The van der Waals surface area contributed by atoms with Gasteiger partial charge in [0.1, 0.15) is 11.5 Å². The molecule has 1 atom stereocenters. The Morgan fingerprint density at radius 3 is 2.20 bits per heavy atom. The van der Waals surface area contributed by atoms with Gasteiger partial charge in [0.2, 0.25) is 11.5 Å². The number of ether oxygens (including phenoxy) is 7. The molecule has 5 rings (SSSR count). The highest BCUT2D eigenvalue weighted by molar-refractivity contribution is 6.15. The summed E-state index contributed by atoms with van der Waals surface area (Å²) in [6, 6.07) is 11.8. The molecular weight excluding hydrogens is 520 g/mol. The van der Waals surface area contributed by atoms with Crippen molar-refractivity contribution in [2.75, 3.05) is 28.4 Å². The van der Waals surface area contributed by atoms with Crippen LogP contribution >= 0.6 is 0 Å². The number of carbonyl (C=O) groups is 3. The average molecular weight is 547 g/mol. The van der Waals surface area contributed by atoms with Gasteiger partial charge in [0.25, 0.3) is 0 Å². The van der Waals surface area contributed by atoms with Gasteiger partial charge in [-0.1, -0.05) is 12.1 Å². The lowest BCUT2D eigenvalue weighted by atomic mass is 9.84. The third kappa shape index (κ3) is 4.57. The Hall–Kier alpha value is -4.99. The normalized spacial score (nSPS) is 16.4. The van der Waals surface area contributed by atoms with Gasteiger partial charge < -0.3 is 33.2 Å². The molecule has 0 N–H and O–H groups in total. The van der Waals surface area contributed by atoms with Gasteiger partial charge in [-0.15, -0.1) is 0 Å². The second kappa shape index (κ2) is 10.6. The predicted octanol–water partition coefficient (Wildman–Crippen LogP) is 4.70. The standard InChI is InChI=1S/C30H26O10/c1-15(31)38-30-23(35-3)12-17(13-24(30)36-4)19-14-25(32)39-20-10-9-18-27(33)22(40-29(18)26(19)20)11-16-7-6-8-21(34-2)28(16)37-5/h6-13,19H,14H2,1-5H3. The number of hydrogen-bond donors (Lipinski definition) is 0. The summed E-state index contributed by atoms with van der Waals surface area (Å²) in [6.45, 7) is 1.27. The van der Waals surface area contributed by atoms with E-state index in [1.807, 2.05) is 0 Å². The van der Waals surface area contributed by atoms with E-state index in [0.29, 0.717) is 33.8 Å². The van der Waals surface area contributed by atoms with Crippen molar-refractivity contribution in [2.24, 2.45) is 0 Å². The quantitative estimate of drug-likeness (QED) is 0.234. The van der Waals surface area contributed by atoms with Crippen LogP contribution in [-0.4, -0.2) is 46.2 Å². The van der Waals surface area contributed by atoms with Gasteiger partial charge in [-0.2, -0.15) is 0 Å². The van der Waals surface area contributed by atoms with Crippen molar-refractivity contribution in [3.05, 3.63) is 70.5 Å². The number of hydrogen-bond acceptors (Lipinski definition) is 10. The van der Waals surface area contributed by atoms with Crippen LogP contribution in [-0.2, 0) is 9.59 Å². The fraction of sp³-hybridized carbons (Fsp3) is 0.233. The zero-order valence-electron chi connectivity index (χ0n) is 22.5. The summed E-state index contributed by atoms with van der Waals surface area (Å²) in [7, 11) is 5.89. The molecule has 0 bridgehead atoms. The number of carbonyl (C=O) groups excluding carboxylic acids is 3. The SMILES string of the molecule is COc1cccc(C=C2Oc3c(ccc4c3C(c3cc(OC)c(OC(C)=O)c(OC)c3)CC(=O)O4)C2=O)c1OC. The Morgan fingerprint density at radius 1 is 0.875 bits per heavy atom. The molecule has 1 unspecified atom stereocenters. The van der Waals surface area contributed by atoms with Gasteiger partial charge >= 0.3 is 11.9 Å². The molecule has 0 amide bonds. The molecule has 3 aromatic carbocycles. The Labute approximate surface area is 230 Å². The molecule has 206 valence electrons. The number of Topliss-reactive ketones (excluding diaryl/α,β-unsaturated/α-hetero) is 1. The van der Waals surface area contributed by atoms with Crippen LogP contribution in [0.5, 0.6) is 40.2 Å². The van der Waals surface area contributed by atoms with Crippen molar-refractivity contribution in [3.63, 3.8) is 0 Å². The van der Waals surface area contributed by atoms with Crippen molar-refractivity contribution in [3.8, 4) is 40.2 Å². The zero-order chi connectivity index (χ0) is 28.6. The average Bonchev–Trinajstić information content (AvgIpc) is 3.26. The summed E-state index contributed by atoms with van der Waals surface area (Å²) in [6.07, 6.45) is 1.54. The van der Waals surface area contributed by atoms with E-state index in [1.165, 1.54) is 35.4 Å². The molecule has 2 heterocycles. The minimum Gasteiger partial charge on any atom is -0.493 e. The summed E-state index contributed by atoms with van der Waals surface area (Å²) >= 11 is 0. The van der Waals surface area contributed by atoms with Crippen molar-refractivity contribution < 1.29 is 47.5 Å². The minimum atomic E-state index is -0.584. The number of allylic oxidation sites excluding steroid dienone is 1. The predicted molar refractivity (Wildman–Crippen MR) is 142 cm³/mol. The third-order valence-electron chi connectivity index (χ3n) is 6.63. The molecule has 0 aromatic heterocycles. The van der Waals surface area contributed by atoms with Crippen molar-refractivity contribution >= 4 is 23.8 Å². The van der Waals surface area contributed by atoms with Gasteiger partial charge in [0, 0.05) is 24.0 Å². The minimum absolute atomic E-state index is 0.0387. The first-order chi connectivity index (χ1) is 19.3. The largest absolute Gasteiger partial charge is 0.493 e. The highest BCUT2D eigenvalue weighted by atomic mass is 16.6. The topological polar surface area (TPSA) is 116 Å². The van der Waals surface area contributed by atoms with Crippen LogP contribution in [0.4, 0.5) is 0 Å². The van der Waals surface area contributed by atoms with Crippen LogP contribution in [0.3, 0.4) is 0 Å².